The second-order valence-corrected chi connectivity index (χ2v) is 7.98. The van der Waals surface area contributed by atoms with Crippen LogP contribution in [0.3, 0.4) is 0 Å². The van der Waals surface area contributed by atoms with Crippen LogP contribution >= 0.6 is 0 Å². The zero-order chi connectivity index (χ0) is 22.0. The van der Waals surface area contributed by atoms with E-state index in [1.807, 2.05) is 25.1 Å². The first-order valence-electron chi connectivity index (χ1n) is 10.5. The fourth-order valence-electron chi connectivity index (χ4n) is 4.17. The number of hydrogen-bond acceptors (Lipinski definition) is 5. The van der Waals surface area contributed by atoms with Crippen LogP contribution in [0.2, 0.25) is 0 Å². The number of phenolic OH excluding ortho intramolecular Hbond substituents is 1. The molecule has 2 heterocycles. The van der Waals surface area contributed by atoms with Gasteiger partial charge in [-0.2, -0.15) is 0 Å². The van der Waals surface area contributed by atoms with E-state index >= 15 is 0 Å². The summed E-state index contributed by atoms with van der Waals surface area (Å²) in [5, 5.41) is 15.4. The molecule has 0 unspecified atom stereocenters. The summed E-state index contributed by atoms with van der Waals surface area (Å²) in [4.78, 5) is 41.4. The molecule has 0 spiro atoms. The van der Waals surface area contributed by atoms with E-state index in [1.165, 1.54) is 11.0 Å². The lowest BCUT2D eigenvalue weighted by molar-refractivity contribution is -0.126. The molecule has 0 bridgehead atoms. The molecule has 4 rings (SSSR count). The Morgan fingerprint density at radius 3 is 2.52 bits per heavy atom. The summed E-state index contributed by atoms with van der Waals surface area (Å²) in [6, 6.07) is 13.5. The van der Waals surface area contributed by atoms with E-state index in [1.54, 1.807) is 24.3 Å². The van der Waals surface area contributed by atoms with Crippen LogP contribution < -0.4 is 15.5 Å². The van der Waals surface area contributed by atoms with Crippen molar-refractivity contribution in [2.75, 3.05) is 35.2 Å². The number of fused-ring (bicyclic) bond motifs is 1. The SMILES string of the molecule is C[C@@H](C(=O)N1CC(=O)Nc2ccccc21)N1CCC(C(=O)Nc2ccccc2O)CC1. The van der Waals surface area contributed by atoms with Crippen molar-refractivity contribution in [2.24, 2.45) is 5.92 Å². The molecule has 0 saturated carbocycles. The van der Waals surface area contributed by atoms with Gasteiger partial charge >= 0.3 is 0 Å². The van der Waals surface area contributed by atoms with Crippen molar-refractivity contribution >= 4 is 34.8 Å². The van der Waals surface area contributed by atoms with Crippen molar-refractivity contribution in [3.63, 3.8) is 0 Å². The van der Waals surface area contributed by atoms with Crippen molar-refractivity contribution in [1.29, 1.82) is 0 Å². The number of hydrogen-bond donors (Lipinski definition) is 3. The number of piperidine rings is 1. The smallest absolute Gasteiger partial charge is 0.244 e. The number of carbonyl (C=O) groups excluding carboxylic acids is 3. The lowest BCUT2D eigenvalue weighted by Gasteiger charge is -2.38. The number of carbonyl (C=O) groups is 3. The summed E-state index contributed by atoms with van der Waals surface area (Å²) < 4.78 is 0. The maximum atomic E-state index is 13.2. The first-order valence-corrected chi connectivity index (χ1v) is 10.5. The summed E-state index contributed by atoms with van der Waals surface area (Å²) in [5.74, 6) is -0.599. The standard InChI is InChI=1S/C23H26N4O4/c1-15(23(31)27-14-21(29)24-17-6-2-4-8-19(17)27)26-12-10-16(11-13-26)22(30)25-18-7-3-5-9-20(18)28/h2-9,15-16,28H,10-14H2,1H3,(H,24,29)(H,25,30)/t15-/m0/s1. The van der Waals surface area contributed by atoms with E-state index in [4.69, 9.17) is 0 Å². The Hall–Kier alpha value is -3.39. The molecule has 8 nitrogen and oxygen atoms in total. The van der Waals surface area contributed by atoms with E-state index in [2.05, 4.69) is 15.5 Å². The molecular formula is C23H26N4O4. The van der Waals surface area contributed by atoms with Crippen LogP contribution in [0.1, 0.15) is 19.8 Å². The Bertz CT molecular complexity index is 1000. The lowest BCUT2D eigenvalue weighted by Crippen LogP contribution is -2.53. The highest BCUT2D eigenvalue weighted by atomic mass is 16.3. The Kier molecular flexibility index (Phi) is 5.90. The molecule has 2 aromatic rings. The molecule has 0 radical (unpaired) electrons. The summed E-state index contributed by atoms with van der Waals surface area (Å²) >= 11 is 0. The number of anilines is 3. The number of para-hydroxylation sites is 4. The third kappa shape index (κ3) is 4.39. The Morgan fingerprint density at radius 2 is 1.77 bits per heavy atom. The fourth-order valence-corrected chi connectivity index (χ4v) is 4.17. The van der Waals surface area contributed by atoms with Gasteiger partial charge in [-0.3, -0.25) is 24.2 Å². The quantitative estimate of drug-likeness (QED) is 0.657. The van der Waals surface area contributed by atoms with Gasteiger partial charge in [0, 0.05) is 5.92 Å². The minimum Gasteiger partial charge on any atom is -0.506 e. The van der Waals surface area contributed by atoms with Gasteiger partial charge in [0.2, 0.25) is 17.7 Å². The topological polar surface area (TPSA) is 102 Å². The first-order chi connectivity index (χ1) is 14.9. The zero-order valence-corrected chi connectivity index (χ0v) is 17.4. The summed E-state index contributed by atoms with van der Waals surface area (Å²) in [6.07, 6.45) is 1.24. The monoisotopic (exact) mass is 422 g/mol. The Balaban J connectivity index is 1.37. The first kappa shape index (κ1) is 20.9. The molecule has 162 valence electrons. The molecule has 1 saturated heterocycles. The van der Waals surface area contributed by atoms with Crippen molar-refractivity contribution in [2.45, 2.75) is 25.8 Å². The van der Waals surface area contributed by atoms with E-state index in [-0.39, 0.29) is 35.9 Å². The van der Waals surface area contributed by atoms with Crippen molar-refractivity contribution in [1.82, 2.24) is 4.90 Å². The minimum absolute atomic E-state index is 0.000371. The van der Waals surface area contributed by atoms with E-state index in [0.717, 1.165) is 0 Å². The van der Waals surface area contributed by atoms with Gasteiger partial charge in [0.05, 0.1) is 23.1 Å². The number of rotatable bonds is 4. The summed E-state index contributed by atoms with van der Waals surface area (Å²) in [6.45, 7) is 3.06. The van der Waals surface area contributed by atoms with Gasteiger partial charge in [-0.05, 0) is 57.1 Å². The van der Waals surface area contributed by atoms with Gasteiger partial charge in [0.1, 0.15) is 12.3 Å². The van der Waals surface area contributed by atoms with E-state index in [0.29, 0.717) is 43.0 Å². The van der Waals surface area contributed by atoms with Gasteiger partial charge in [0.25, 0.3) is 0 Å². The summed E-state index contributed by atoms with van der Waals surface area (Å²) in [5.41, 5.74) is 1.75. The Labute approximate surface area is 180 Å². The second kappa shape index (κ2) is 8.77. The molecule has 2 aliphatic heterocycles. The van der Waals surface area contributed by atoms with Crippen LogP contribution in [0.15, 0.2) is 48.5 Å². The number of nitrogens with zero attached hydrogens (tertiary/aromatic N) is 2. The normalized spacial score (nSPS) is 18.1. The van der Waals surface area contributed by atoms with Crippen LogP contribution in [0.25, 0.3) is 0 Å². The maximum Gasteiger partial charge on any atom is 0.244 e. The van der Waals surface area contributed by atoms with Gasteiger partial charge in [-0.15, -0.1) is 0 Å². The average molecular weight is 422 g/mol. The zero-order valence-electron chi connectivity index (χ0n) is 17.4. The number of phenols is 1. The largest absolute Gasteiger partial charge is 0.506 e. The molecule has 3 amide bonds. The Morgan fingerprint density at radius 1 is 1.10 bits per heavy atom. The molecule has 2 aromatic carbocycles. The molecule has 0 aliphatic carbocycles. The van der Waals surface area contributed by atoms with Crippen LogP contribution in [-0.4, -0.2) is 53.4 Å². The van der Waals surface area contributed by atoms with Crippen molar-refractivity contribution in [3.05, 3.63) is 48.5 Å². The molecule has 3 N–H and O–H groups in total. The number of amides is 3. The van der Waals surface area contributed by atoms with Crippen LogP contribution in [-0.2, 0) is 14.4 Å². The molecular weight excluding hydrogens is 396 g/mol. The molecule has 1 atom stereocenters. The van der Waals surface area contributed by atoms with Crippen LogP contribution in [0.5, 0.6) is 5.75 Å². The number of nitrogens with one attached hydrogen (secondary N) is 2. The lowest BCUT2D eigenvalue weighted by atomic mass is 9.94. The van der Waals surface area contributed by atoms with Crippen molar-refractivity contribution in [3.8, 4) is 5.75 Å². The molecule has 8 heteroatoms. The molecule has 0 aromatic heterocycles. The molecule has 31 heavy (non-hydrogen) atoms. The molecule has 2 aliphatic rings. The van der Waals surface area contributed by atoms with E-state index in [9.17, 15) is 19.5 Å². The van der Waals surface area contributed by atoms with Crippen LogP contribution in [0, 0.1) is 5.92 Å². The predicted octanol–water partition coefficient (Wildman–Crippen LogP) is 2.42. The van der Waals surface area contributed by atoms with E-state index < -0.39 is 6.04 Å². The third-order valence-corrected chi connectivity index (χ3v) is 6.00. The minimum atomic E-state index is -0.402. The summed E-state index contributed by atoms with van der Waals surface area (Å²) in [7, 11) is 0. The fraction of sp³-hybridized carbons (Fsp3) is 0.348. The number of likely N-dealkylation sites (tertiary alicyclic amines) is 1. The number of benzene rings is 2. The van der Waals surface area contributed by atoms with Gasteiger partial charge in [-0.1, -0.05) is 24.3 Å². The van der Waals surface area contributed by atoms with Gasteiger partial charge in [-0.25, -0.2) is 0 Å². The van der Waals surface area contributed by atoms with Gasteiger partial charge < -0.3 is 15.7 Å². The number of aromatic hydroxyl groups is 1. The van der Waals surface area contributed by atoms with Gasteiger partial charge in [0.15, 0.2) is 0 Å². The highest BCUT2D eigenvalue weighted by Crippen LogP contribution is 2.31. The second-order valence-electron chi connectivity index (χ2n) is 7.98. The third-order valence-electron chi connectivity index (χ3n) is 6.00. The average Bonchev–Trinajstić information content (AvgIpc) is 2.79. The van der Waals surface area contributed by atoms with Crippen LogP contribution in [0.4, 0.5) is 17.1 Å². The highest BCUT2D eigenvalue weighted by Gasteiger charge is 2.34. The highest BCUT2D eigenvalue weighted by molar-refractivity contribution is 6.11. The predicted molar refractivity (Wildman–Crippen MR) is 118 cm³/mol. The molecule has 1 fully saturated rings. The van der Waals surface area contributed by atoms with Crippen molar-refractivity contribution < 1.29 is 19.5 Å². The maximum absolute atomic E-state index is 13.2.